The first kappa shape index (κ1) is 34.1. The van der Waals surface area contributed by atoms with Crippen LogP contribution in [0.5, 0.6) is 0 Å². The number of nitrogens with one attached hydrogen (secondary N) is 1. The van der Waals surface area contributed by atoms with E-state index in [9.17, 15) is 32.7 Å². The van der Waals surface area contributed by atoms with Crippen molar-refractivity contribution in [2.24, 2.45) is 5.41 Å². The number of rotatable bonds is 9. The Bertz CT molecular complexity index is 2000. The number of hydrogen-bond donors (Lipinski definition) is 2. The molecule has 14 heteroatoms. The van der Waals surface area contributed by atoms with Crippen LogP contribution in [-0.4, -0.2) is 72.4 Å². The summed E-state index contributed by atoms with van der Waals surface area (Å²) in [4.78, 5) is 56.5. The predicted molar refractivity (Wildman–Crippen MR) is 179 cm³/mol. The summed E-state index contributed by atoms with van der Waals surface area (Å²) in [6.07, 6.45) is 2.73. The van der Waals surface area contributed by atoms with Crippen molar-refractivity contribution >= 4 is 50.6 Å². The predicted octanol–water partition coefficient (Wildman–Crippen LogP) is 3.92. The van der Waals surface area contributed by atoms with Gasteiger partial charge in [0.05, 0.1) is 22.6 Å². The van der Waals surface area contributed by atoms with Gasteiger partial charge in [-0.05, 0) is 61.2 Å². The monoisotopic (exact) mass is 679 g/mol. The zero-order valence-electron chi connectivity index (χ0n) is 26.7. The number of amides is 1. The Labute approximate surface area is 276 Å². The molecule has 5 rings (SSSR count). The summed E-state index contributed by atoms with van der Waals surface area (Å²) in [7, 11) is -4.09. The van der Waals surface area contributed by atoms with E-state index in [0.717, 1.165) is 4.31 Å². The van der Waals surface area contributed by atoms with Crippen molar-refractivity contribution in [3.8, 4) is 5.69 Å². The van der Waals surface area contributed by atoms with Gasteiger partial charge in [-0.15, -0.1) is 11.8 Å². The topological polar surface area (TPSA) is 161 Å². The minimum absolute atomic E-state index is 0.0130. The molecule has 1 fully saturated rings. The number of fused-ring (bicyclic) bond motifs is 1. The van der Waals surface area contributed by atoms with Crippen LogP contribution in [0.25, 0.3) is 16.7 Å². The van der Waals surface area contributed by atoms with Crippen molar-refractivity contribution in [1.29, 1.82) is 0 Å². The zero-order chi connectivity index (χ0) is 34.3. The molecule has 0 unspecified atom stereocenters. The smallest absolute Gasteiger partial charge is 0.340 e. The number of para-hydroxylation sites is 2. The Morgan fingerprint density at radius 2 is 1.70 bits per heavy atom. The minimum Gasteiger partial charge on any atom is -0.480 e. The molecule has 2 aromatic heterocycles. The molecule has 47 heavy (non-hydrogen) atoms. The molecular formula is C33H37N5O7S2. The molecule has 1 amide bonds. The van der Waals surface area contributed by atoms with Gasteiger partial charge in [0.1, 0.15) is 17.0 Å². The fourth-order valence-corrected chi connectivity index (χ4v) is 8.79. The van der Waals surface area contributed by atoms with E-state index in [-0.39, 0.29) is 34.9 Å². The van der Waals surface area contributed by atoms with Gasteiger partial charge in [0, 0.05) is 30.0 Å². The number of hydrogen-bond acceptors (Lipinski definition) is 8. The molecule has 0 radical (unpaired) electrons. The van der Waals surface area contributed by atoms with Crippen molar-refractivity contribution in [1.82, 2.24) is 23.7 Å². The van der Waals surface area contributed by atoms with Crippen LogP contribution in [0.2, 0.25) is 0 Å². The Morgan fingerprint density at radius 3 is 2.30 bits per heavy atom. The number of benzene rings is 2. The second-order valence-electron chi connectivity index (χ2n) is 13.2. The fraction of sp³-hybridized carbons (Fsp3) is 0.364. The molecule has 1 saturated heterocycles. The number of thioether (sulfide) groups is 1. The molecule has 1 aliphatic heterocycles. The van der Waals surface area contributed by atoms with Crippen molar-refractivity contribution in [3.05, 3.63) is 89.1 Å². The quantitative estimate of drug-likeness (QED) is 0.267. The van der Waals surface area contributed by atoms with Gasteiger partial charge in [-0.3, -0.25) is 19.1 Å². The highest BCUT2D eigenvalue weighted by Crippen LogP contribution is 2.42. The second kappa shape index (κ2) is 12.7. The summed E-state index contributed by atoms with van der Waals surface area (Å²) >= 11 is 1.28. The highest BCUT2D eigenvalue weighted by Gasteiger charge is 2.51. The Kier molecular flexibility index (Phi) is 9.23. The third kappa shape index (κ3) is 6.90. The largest absolute Gasteiger partial charge is 0.480 e. The van der Waals surface area contributed by atoms with Crippen LogP contribution < -0.4 is 11.0 Å². The molecule has 2 aromatic carbocycles. The molecule has 2 atom stereocenters. The molecule has 0 bridgehead atoms. The first-order valence-electron chi connectivity index (χ1n) is 15.0. The van der Waals surface area contributed by atoms with E-state index in [4.69, 9.17) is 0 Å². The number of carbonyl (C=O) groups excluding carboxylic acids is 2. The summed E-state index contributed by atoms with van der Waals surface area (Å²) in [6.45, 7) is 9.26. The number of nitrogens with zero attached hydrogens (tertiary/aromatic N) is 4. The number of carboxylic acid groups (broad SMARTS) is 1. The lowest BCUT2D eigenvalue weighted by atomic mass is 9.92. The number of sulfonamides is 1. The number of carboxylic acids is 1. The van der Waals surface area contributed by atoms with Gasteiger partial charge in [-0.1, -0.05) is 45.0 Å². The van der Waals surface area contributed by atoms with Crippen molar-refractivity contribution in [2.75, 3.05) is 5.88 Å². The molecule has 0 saturated carbocycles. The summed E-state index contributed by atoms with van der Waals surface area (Å²) in [5.74, 6) is -2.32. The van der Waals surface area contributed by atoms with Crippen LogP contribution in [0.15, 0.2) is 82.7 Å². The van der Waals surface area contributed by atoms with Gasteiger partial charge in [0.2, 0.25) is 21.8 Å². The first-order valence-corrected chi connectivity index (χ1v) is 17.4. The van der Waals surface area contributed by atoms with Crippen LogP contribution in [-0.2, 0) is 26.0 Å². The molecule has 12 nitrogen and oxygen atoms in total. The third-order valence-electron chi connectivity index (χ3n) is 7.93. The van der Waals surface area contributed by atoms with E-state index in [1.165, 1.54) is 45.4 Å². The van der Waals surface area contributed by atoms with Gasteiger partial charge in [-0.2, -0.15) is 4.31 Å². The SMILES string of the molecule is CC(C)(C)CC(=O)n1c(=O)n(-c2ccc(C[C@H](NC(=O)[C@H]3N(S(=O)(=O)c4cccnc4)CSC3(C)C)C(=O)O)cc2)c2ccccc21. The summed E-state index contributed by atoms with van der Waals surface area (Å²) in [6, 6.07) is 14.0. The molecule has 3 heterocycles. The maximum atomic E-state index is 13.6. The lowest BCUT2D eigenvalue weighted by molar-refractivity contribution is -0.142. The Morgan fingerprint density at radius 1 is 1.04 bits per heavy atom. The molecule has 2 N–H and O–H groups in total. The highest BCUT2D eigenvalue weighted by molar-refractivity contribution is 8.02. The van der Waals surface area contributed by atoms with Gasteiger partial charge < -0.3 is 10.4 Å². The summed E-state index contributed by atoms with van der Waals surface area (Å²) in [5.41, 5.74) is 1.24. The lowest BCUT2D eigenvalue weighted by Gasteiger charge is -2.30. The van der Waals surface area contributed by atoms with E-state index in [2.05, 4.69) is 10.3 Å². The Hall–Kier alpha value is -4.27. The van der Waals surface area contributed by atoms with Gasteiger partial charge in [-0.25, -0.2) is 22.6 Å². The number of aliphatic carboxylic acids is 1. The van der Waals surface area contributed by atoms with Gasteiger partial charge >= 0.3 is 11.7 Å². The van der Waals surface area contributed by atoms with Crippen LogP contribution in [0, 0.1) is 5.41 Å². The van der Waals surface area contributed by atoms with Crippen LogP contribution >= 0.6 is 11.8 Å². The first-order chi connectivity index (χ1) is 22.0. The molecule has 0 aliphatic carbocycles. The van der Waals surface area contributed by atoms with E-state index in [1.54, 1.807) is 62.4 Å². The molecule has 248 valence electrons. The van der Waals surface area contributed by atoms with Crippen LogP contribution in [0.1, 0.15) is 51.4 Å². The van der Waals surface area contributed by atoms with E-state index in [1.807, 2.05) is 20.8 Å². The second-order valence-corrected chi connectivity index (χ2v) is 16.7. The van der Waals surface area contributed by atoms with Gasteiger partial charge in [0.15, 0.2) is 0 Å². The minimum atomic E-state index is -4.09. The zero-order valence-corrected chi connectivity index (χ0v) is 28.3. The van der Waals surface area contributed by atoms with E-state index >= 15 is 0 Å². The third-order valence-corrected chi connectivity index (χ3v) is 11.3. The average molecular weight is 680 g/mol. The van der Waals surface area contributed by atoms with Crippen LogP contribution in [0.4, 0.5) is 0 Å². The van der Waals surface area contributed by atoms with Crippen molar-refractivity contribution < 1.29 is 27.9 Å². The normalized spacial score (nSPS) is 17.4. The number of imidazole rings is 1. The van der Waals surface area contributed by atoms with E-state index < -0.39 is 44.4 Å². The van der Waals surface area contributed by atoms with E-state index in [0.29, 0.717) is 22.3 Å². The number of aromatic nitrogens is 3. The van der Waals surface area contributed by atoms with Gasteiger partial charge in [0.25, 0.3) is 0 Å². The summed E-state index contributed by atoms with van der Waals surface area (Å²) < 4.78 is 29.7. The average Bonchev–Trinajstić information content (AvgIpc) is 3.49. The van der Waals surface area contributed by atoms with Crippen molar-refractivity contribution in [3.63, 3.8) is 0 Å². The Balaban J connectivity index is 1.39. The summed E-state index contributed by atoms with van der Waals surface area (Å²) in [5, 5.41) is 12.6. The fourth-order valence-electron chi connectivity index (χ4n) is 5.66. The van der Waals surface area contributed by atoms with Crippen LogP contribution in [0.3, 0.4) is 0 Å². The van der Waals surface area contributed by atoms with Crippen molar-refractivity contribution in [2.45, 2.75) is 69.2 Å². The number of pyridine rings is 1. The molecular weight excluding hydrogens is 643 g/mol. The number of carbonyl (C=O) groups is 3. The molecule has 4 aromatic rings. The lowest BCUT2D eigenvalue weighted by Crippen LogP contribution is -2.56. The maximum Gasteiger partial charge on any atom is 0.340 e. The molecule has 0 spiro atoms. The highest BCUT2D eigenvalue weighted by atomic mass is 32.2. The maximum absolute atomic E-state index is 13.6. The standard InChI is InChI=1S/C33H37N5O7S2/c1-32(2,3)18-27(39)38-26-11-7-6-10-25(26)37(31(38)43)22-14-12-21(13-15-22)17-24(30(41)42)35-29(40)28-33(4,5)46-20-36(28)47(44,45)23-9-8-16-34-19-23/h6-16,19,24,28H,17-18,20H2,1-5H3,(H,35,40)(H,41,42)/t24-,28+/m0/s1. The molecule has 1 aliphatic rings.